The van der Waals surface area contributed by atoms with E-state index in [0.717, 1.165) is 30.6 Å². The second kappa shape index (κ2) is 10.3. The van der Waals surface area contributed by atoms with Crippen molar-refractivity contribution in [2.45, 2.75) is 91.0 Å². The first-order chi connectivity index (χ1) is 16.3. The average Bonchev–Trinajstić information content (AvgIpc) is 3.22. The highest BCUT2D eigenvalue weighted by molar-refractivity contribution is 5.77. The Kier molecular flexibility index (Phi) is 7.82. The number of carbonyl (C=O) groups excluding carboxylic acids is 1. The summed E-state index contributed by atoms with van der Waals surface area (Å²) in [6.07, 6.45) is 20.4. The third-order valence-corrected chi connectivity index (χ3v) is 10.8. The van der Waals surface area contributed by atoms with E-state index in [9.17, 15) is 9.90 Å². The highest BCUT2D eigenvalue weighted by Crippen LogP contribution is 2.68. The van der Waals surface area contributed by atoms with Gasteiger partial charge in [-0.25, -0.2) is 0 Å². The Bertz CT molecular complexity index is 786. The summed E-state index contributed by atoms with van der Waals surface area (Å²) in [6.45, 7) is 16.1. The first-order valence-electron chi connectivity index (χ1n) is 14.2. The number of hydrogen-bond acceptors (Lipinski definition) is 2. The quantitative estimate of drug-likeness (QED) is 0.371. The van der Waals surface area contributed by atoms with Gasteiger partial charge in [-0.15, -0.1) is 13.2 Å². The lowest BCUT2D eigenvalue weighted by Crippen LogP contribution is -2.63. The lowest BCUT2D eigenvalue weighted by atomic mass is 9.43. The van der Waals surface area contributed by atoms with Gasteiger partial charge in [-0.3, -0.25) is 4.79 Å². The van der Waals surface area contributed by atoms with Gasteiger partial charge in [-0.05, 0) is 85.4 Å². The molecule has 3 heteroatoms. The third kappa shape index (κ3) is 4.25. The van der Waals surface area contributed by atoms with Gasteiger partial charge in [0.1, 0.15) is 0 Å². The minimum Gasteiger partial charge on any atom is -0.392 e. The van der Waals surface area contributed by atoms with E-state index >= 15 is 0 Å². The van der Waals surface area contributed by atoms with Gasteiger partial charge in [0, 0.05) is 17.9 Å². The maximum Gasteiger partial charge on any atom is 0.220 e. The Morgan fingerprint density at radius 1 is 1.06 bits per heavy atom. The van der Waals surface area contributed by atoms with Crippen molar-refractivity contribution in [3.63, 3.8) is 0 Å². The molecule has 4 rings (SSSR count). The van der Waals surface area contributed by atoms with Crippen LogP contribution in [0.15, 0.2) is 37.5 Å². The van der Waals surface area contributed by atoms with Gasteiger partial charge in [-0.2, -0.15) is 0 Å². The number of rotatable bonds is 9. The number of hydrogen-bond donors (Lipinski definition) is 2. The maximum atomic E-state index is 12.4. The van der Waals surface area contributed by atoms with E-state index in [-0.39, 0.29) is 29.4 Å². The number of aliphatic hydroxyl groups is 1. The van der Waals surface area contributed by atoms with Gasteiger partial charge in [0.25, 0.3) is 0 Å². The summed E-state index contributed by atoms with van der Waals surface area (Å²) in [5.41, 5.74) is 0.243. The predicted octanol–water partition coefficient (Wildman–Crippen LogP) is 6.69. The van der Waals surface area contributed by atoms with Crippen LogP contribution in [-0.2, 0) is 4.79 Å². The van der Waals surface area contributed by atoms with Crippen molar-refractivity contribution in [2.75, 3.05) is 6.61 Å². The fourth-order valence-corrected chi connectivity index (χ4v) is 9.36. The summed E-state index contributed by atoms with van der Waals surface area (Å²) in [5, 5.41) is 13.0. The zero-order chi connectivity index (χ0) is 24.5. The van der Waals surface area contributed by atoms with Crippen LogP contribution in [0.3, 0.4) is 0 Å². The zero-order valence-electron chi connectivity index (χ0n) is 22.0. The molecule has 1 aliphatic heterocycles. The summed E-state index contributed by atoms with van der Waals surface area (Å²) in [4.78, 5) is 12.4. The molecule has 4 aliphatic rings. The minimum atomic E-state index is 0.0103. The molecule has 1 heterocycles. The number of amides is 1. The van der Waals surface area contributed by atoms with E-state index in [2.05, 4.69) is 57.5 Å². The number of piperidine rings is 1. The van der Waals surface area contributed by atoms with Gasteiger partial charge in [0.15, 0.2) is 0 Å². The van der Waals surface area contributed by atoms with Gasteiger partial charge in [-0.1, -0.05) is 64.3 Å². The maximum absolute atomic E-state index is 12.4. The topological polar surface area (TPSA) is 49.3 Å². The highest BCUT2D eigenvalue weighted by Gasteiger charge is 2.63. The van der Waals surface area contributed by atoms with E-state index in [1.165, 1.54) is 44.9 Å². The first kappa shape index (κ1) is 25.7. The largest absolute Gasteiger partial charge is 0.392 e. The smallest absolute Gasteiger partial charge is 0.220 e. The molecule has 3 nitrogen and oxygen atoms in total. The predicted molar refractivity (Wildman–Crippen MR) is 141 cm³/mol. The van der Waals surface area contributed by atoms with Crippen LogP contribution in [0.25, 0.3) is 0 Å². The standard InChI is InChI=1S/C31H49NO2/c1-6-30-17-15-26-29(25(30)14-13-24(30)22(5)11-8-10-21(3)4)23(12-9-19-33)20-27-31(26,7-2)18-16-28(34)32-27/h6-7,9,12,21-27,29,33H,1-2,8,10-11,13-20H2,3-5H3,(H,32,34). The fraction of sp³-hybridized carbons (Fsp3) is 0.774. The van der Waals surface area contributed by atoms with Crippen molar-refractivity contribution >= 4 is 5.91 Å². The Balaban J connectivity index is 1.65. The molecule has 0 aromatic carbocycles. The van der Waals surface area contributed by atoms with Crippen LogP contribution >= 0.6 is 0 Å². The lowest BCUT2D eigenvalue weighted by molar-refractivity contribution is -0.136. The molecule has 190 valence electrons. The number of carbonyl (C=O) groups is 1. The molecular formula is C31H49NO2. The minimum absolute atomic E-state index is 0.0103. The molecule has 9 unspecified atom stereocenters. The molecule has 34 heavy (non-hydrogen) atoms. The van der Waals surface area contributed by atoms with Gasteiger partial charge < -0.3 is 10.4 Å². The molecule has 1 saturated heterocycles. The van der Waals surface area contributed by atoms with E-state index in [0.29, 0.717) is 30.1 Å². The molecule has 3 saturated carbocycles. The van der Waals surface area contributed by atoms with Crippen LogP contribution in [-0.4, -0.2) is 23.7 Å². The average molecular weight is 468 g/mol. The number of fused-ring (bicyclic) bond motifs is 5. The summed E-state index contributed by atoms with van der Waals surface area (Å²) in [7, 11) is 0. The molecule has 0 radical (unpaired) electrons. The van der Waals surface area contributed by atoms with Crippen LogP contribution in [0.1, 0.15) is 85.0 Å². The van der Waals surface area contributed by atoms with E-state index in [1.54, 1.807) is 0 Å². The third-order valence-electron chi connectivity index (χ3n) is 10.8. The fourth-order valence-electron chi connectivity index (χ4n) is 9.36. The number of aliphatic hydroxyl groups excluding tert-OH is 1. The molecule has 4 fully saturated rings. The molecule has 0 aromatic heterocycles. The lowest BCUT2D eigenvalue weighted by Gasteiger charge is -2.62. The second-order valence-electron chi connectivity index (χ2n) is 12.6. The molecule has 0 spiro atoms. The van der Waals surface area contributed by atoms with Gasteiger partial charge in [0.05, 0.1) is 6.61 Å². The molecule has 0 aromatic rings. The Hall–Kier alpha value is -1.35. The zero-order valence-corrected chi connectivity index (χ0v) is 22.0. The molecular weight excluding hydrogens is 418 g/mol. The summed E-state index contributed by atoms with van der Waals surface area (Å²) in [6, 6.07) is 0.171. The number of allylic oxidation sites excluding steroid dienone is 2. The Labute approximate surface area is 208 Å². The number of nitrogens with one attached hydrogen (secondary N) is 1. The molecule has 0 bridgehead atoms. The van der Waals surface area contributed by atoms with Crippen molar-refractivity contribution in [2.24, 2.45) is 52.3 Å². The summed E-state index contributed by atoms with van der Waals surface area (Å²) in [5.74, 6) is 4.61. The Morgan fingerprint density at radius 3 is 2.47 bits per heavy atom. The van der Waals surface area contributed by atoms with Crippen LogP contribution in [0.2, 0.25) is 0 Å². The van der Waals surface area contributed by atoms with Crippen molar-refractivity contribution < 1.29 is 9.90 Å². The van der Waals surface area contributed by atoms with E-state index < -0.39 is 0 Å². The SMILES string of the molecule is C=CC12CCC(=O)NC1CC(C=CCO)C1C2CCC2(C=C)C(C(C)CCCC(C)C)CCC12. The summed E-state index contributed by atoms with van der Waals surface area (Å²) >= 11 is 0. The van der Waals surface area contributed by atoms with Crippen molar-refractivity contribution in [3.05, 3.63) is 37.5 Å². The second-order valence-corrected chi connectivity index (χ2v) is 12.6. The highest BCUT2D eigenvalue weighted by atomic mass is 16.2. The summed E-state index contributed by atoms with van der Waals surface area (Å²) < 4.78 is 0. The van der Waals surface area contributed by atoms with Crippen LogP contribution in [0, 0.1) is 52.3 Å². The van der Waals surface area contributed by atoms with Gasteiger partial charge >= 0.3 is 0 Å². The van der Waals surface area contributed by atoms with Crippen LogP contribution in [0.5, 0.6) is 0 Å². The van der Waals surface area contributed by atoms with Crippen LogP contribution < -0.4 is 5.32 Å². The molecule has 1 amide bonds. The van der Waals surface area contributed by atoms with E-state index in [1.807, 2.05) is 6.08 Å². The van der Waals surface area contributed by atoms with Crippen LogP contribution in [0.4, 0.5) is 0 Å². The molecule has 9 atom stereocenters. The monoisotopic (exact) mass is 467 g/mol. The van der Waals surface area contributed by atoms with E-state index in [4.69, 9.17) is 0 Å². The van der Waals surface area contributed by atoms with Crippen molar-refractivity contribution in [1.82, 2.24) is 5.32 Å². The molecule has 2 N–H and O–H groups in total. The van der Waals surface area contributed by atoms with Gasteiger partial charge in [0.2, 0.25) is 5.91 Å². The van der Waals surface area contributed by atoms with Crippen molar-refractivity contribution in [1.29, 1.82) is 0 Å². The molecule has 3 aliphatic carbocycles. The normalized spacial score (nSPS) is 42.6. The Morgan fingerprint density at radius 2 is 1.79 bits per heavy atom. The van der Waals surface area contributed by atoms with Crippen molar-refractivity contribution in [3.8, 4) is 0 Å². The first-order valence-corrected chi connectivity index (χ1v) is 14.2.